The third kappa shape index (κ3) is 5.31. The van der Waals surface area contributed by atoms with E-state index < -0.39 is 0 Å². The molecule has 5 nitrogen and oxygen atoms in total. The van der Waals surface area contributed by atoms with Crippen LogP contribution in [0.1, 0.15) is 44.2 Å². The summed E-state index contributed by atoms with van der Waals surface area (Å²) in [7, 11) is 1.39. The molecule has 0 saturated carbocycles. The van der Waals surface area contributed by atoms with E-state index in [0.29, 0.717) is 18.5 Å². The molecule has 0 atom stereocenters. The first-order valence-corrected chi connectivity index (χ1v) is 14.3. The van der Waals surface area contributed by atoms with Crippen molar-refractivity contribution >= 4 is 49.2 Å². The Bertz CT molecular complexity index is 2050. The summed E-state index contributed by atoms with van der Waals surface area (Å²) >= 11 is 1.58. The molecule has 0 aliphatic heterocycles. The van der Waals surface area contributed by atoms with Crippen molar-refractivity contribution in [1.29, 1.82) is 5.26 Å². The average molecular weight is 554 g/mol. The monoisotopic (exact) mass is 553 g/mol. The number of hydrogen-bond acceptors (Lipinski definition) is 5. The Morgan fingerprint density at radius 3 is 2.66 bits per heavy atom. The molecule has 0 radical (unpaired) electrons. The standard InChI is InChI=1S/C35H27N3O2S/c1-23-8-14-30-33(20-23)41-34(37-30)17-16-31-28(13-10-24-9-11-25-6-3-4-7-26(25)21-24)29-22-27(35(39)40-2)12-15-32(29)38(31)19-5-18-36/h3-4,6-9,11-12,14-15,20-22H,5,10,13,19H2,1-2H3. The third-order valence-electron chi connectivity index (χ3n) is 7.35. The van der Waals surface area contributed by atoms with Crippen molar-refractivity contribution in [3.63, 3.8) is 0 Å². The second kappa shape index (κ2) is 11.3. The number of ether oxygens (including phenoxy) is 1. The maximum Gasteiger partial charge on any atom is 0.337 e. The van der Waals surface area contributed by atoms with Crippen LogP contribution in [-0.4, -0.2) is 22.6 Å². The van der Waals surface area contributed by atoms with Gasteiger partial charge in [-0.15, -0.1) is 11.3 Å². The highest BCUT2D eigenvalue weighted by Crippen LogP contribution is 2.30. The topological polar surface area (TPSA) is 67.9 Å². The van der Waals surface area contributed by atoms with Gasteiger partial charge < -0.3 is 9.30 Å². The first kappa shape index (κ1) is 26.3. The molecule has 6 rings (SSSR count). The lowest BCUT2D eigenvalue weighted by Gasteiger charge is -2.07. The molecule has 2 heterocycles. The van der Waals surface area contributed by atoms with E-state index in [2.05, 4.69) is 84.0 Å². The number of rotatable bonds is 6. The minimum atomic E-state index is -0.380. The highest BCUT2D eigenvalue weighted by atomic mass is 32.1. The van der Waals surface area contributed by atoms with Gasteiger partial charge in [0.15, 0.2) is 5.01 Å². The van der Waals surface area contributed by atoms with Crippen molar-refractivity contribution in [2.75, 3.05) is 7.11 Å². The highest BCUT2D eigenvalue weighted by molar-refractivity contribution is 7.19. The lowest BCUT2D eigenvalue weighted by Crippen LogP contribution is -2.02. The summed E-state index contributed by atoms with van der Waals surface area (Å²) in [6.07, 6.45) is 1.88. The first-order chi connectivity index (χ1) is 20.0. The van der Waals surface area contributed by atoms with Crippen LogP contribution in [-0.2, 0) is 24.1 Å². The van der Waals surface area contributed by atoms with E-state index in [-0.39, 0.29) is 5.97 Å². The maximum absolute atomic E-state index is 12.4. The Morgan fingerprint density at radius 2 is 1.83 bits per heavy atom. The maximum atomic E-state index is 12.4. The van der Waals surface area contributed by atoms with Crippen molar-refractivity contribution in [3.8, 4) is 17.9 Å². The molecule has 0 aliphatic rings. The molecule has 6 heteroatoms. The molecule has 0 amide bonds. The number of aryl methyl sites for hydroxylation is 4. The number of methoxy groups -OCH3 is 1. The van der Waals surface area contributed by atoms with E-state index in [1.54, 1.807) is 17.4 Å². The molecule has 0 N–H and O–H groups in total. The van der Waals surface area contributed by atoms with Crippen LogP contribution < -0.4 is 0 Å². The molecule has 4 aromatic carbocycles. The SMILES string of the molecule is COC(=O)c1ccc2c(c1)c(CCc1ccc3ccccc3c1)c(C#Cc1nc3ccc(C)cc3s1)n2CCC#N. The van der Waals surface area contributed by atoms with Gasteiger partial charge in [-0.2, -0.15) is 5.26 Å². The molecule has 0 aliphatic carbocycles. The summed E-state index contributed by atoms with van der Waals surface area (Å²) in [6, 6.07) is 29.0. The van der Waals surface area contributed by atoms with Crippen molar-refractivity contribution in [2.24, 2.45) is 0 Å². The minimum absolute atomic E-state index is 0.349. The summed E-state index contributed by atoms with van der Waals surface area (Å²) in [5, 5.41) is 13.6. The number of esters is 1. The number of benzene rings is 4. The fourth-order valence-corrected chi connectivity index (χ4v) is 6.24. The molecule has 0 saturated heterocycles. The number of hydrogen-bond donors (Lipinski definition) is 0. The van der Waals surface area contributed by atoms with Gasteiger partial charge >= 0.3 is 5.97 Å². The quantitative estimate of drug-likeness (QED) is 0.157. The number of thiazole rings is 1. The summed E-state index contributed by atoms with van der Waals surface area (Å²) in [5.74, 6) is 6.38. The lowest BCUT2D eigenvalue weighted by molar-refractivity contribution is 0.0601. The molecule has 0 fully saturated rings. The van der Waals surface area contributed by atoms with Gasteiger partial charge in [0.25, 0.3) is 0 Å². The van der Waals surface area contributed by atoms with Crippen LogP contribution in [0.5, 0.6) is 0 Å². The average Bonchev–Trinajstić information content (AvgIpc) is 3.54. The van der Waals surface area contributed by atoms with Crippen molar-refractivity contribution < 1.29 is 9.53 Å². The van der Waals surface area contributed by atoms with Gasteiger partial charge in [-0.25, -0.2) is 9.78 Å². The van der Waals surface area contributed by atoms with Crippen LogP contribution in [0.15, 0.2) is 78.9 Å². The van der Waals surface area contributed by atoms with Gasteiger partial charge in [-0.1, -0.05) is 48.5 Å². The van der Waals surface area contributed by atoms with Crippen LogP contribution in [0, 0.1) is 30.1 Å². The zero-order valence-corrected chi connectivity index (χ0v) is 23.7. The van der Waals surface area contributed by atoms with Crippen molar-refractivity contribution in [1.82, 2.24) is 9.55 Å². The van der Waals surface area contributed by atoms with Crippen LogP contribution in [0.4, 0.5) is 0 Å². The lowest BCUT2D eigenvalue weighted by atomic mass is 9.98. The largest absolute Gasteiger partial charge is 0.465 e. The minimum Gasteiger partial charge on any atom is -0.465 e. The van der Waals surface area contributed by atoms with Crippen LogP contribution in [0.25, 0.3) is 31.9 Å². The van der Waals surface area contributed by atoms with Crippen LogP contribution in [0.2, 0.25) is 0 Å². The predicted octanol–water partition coefficient (Wildman–Crippen LogP) is 7.60. The zero-order chi connectivity index (χ0) is 28.3. The Labute approximate surface area is 242 Å². The van der Waals surface area contributed by atoms with E-state index in [9.17, 15) is 10.1 Å². The van der Waals surface area contributed by atoms with E-state index >= 15 is 0 Å². The number of nitriles is 1. The van der Waals surface area contributed by atoms with Crippen LogP contribution >= 0.6 is 11.3 Å². The molecule has 41 heavy (non-hydrogen) atoms. The molecule has 0 spiro atoms. The molecule has 0 unspecified atom stereocenters. The van der Waals surface area contributed by atoms with Gasteiger partial charge in [0.1, 0.15) is 0 Å². The number of carbonyl (C=O) groups excluding carboxylic acids is 1. The van der Waals surface area contributed by atoms with Crippen molar-refractivity contribution in [3.05, 3.63) is 112 Å². The van der Waals surface area contributed by atoms with Gasteiger partial charge in [-0.3, -0.25) is 0 Å². The fraction of sp³-hybridized carbons (Fsp3) is 0.171. The Hall–Kier alpha value is -4.91. The second-order valence-electron chi connectivity index (χ2n) is 10.0. The van der Waals surface area contributed by atoms with Gasteiger partial charge in [-0.05, 0) is 89.4 Å². The highest BCUT2D eigenvalue weighted by Gasteiger charge is 2.18. The Kier molecular flexibility index (Phi) is 7.25. The number of nitrogens with zero attached hydrogens (tertiary/aromatic N) is 3. The number of carbonyl (C=O) groups is 1. The van der Waals surface area contributed by atoms with Gasteiger partial charge in [0, 0.05) is 17.4 Å². The normalized spacial score (nSPS) is 11.0. The first-order valence-electron chi connectivity index (χ1n) is 13.5. The van der Waals surface area contributed by atoms with Crippen LogP contribution in [0.3, 0.4) is 0 Å². The fourth-order valence-electron chi connectivity index (χ4n) is 5.32. The Morgan fingerprint density at radius 1 is 0.976 bits per heavy atom. The van der Waals surface area contributed by atoms with Gasteiger partial charge in [0.05, 0.1) is 41.1 Å². The summed E-state index contributed by atoms with van der Waals surface area (Å²) < 4.78 is 8.24. The van der Waals surface area contributed by atoms with Gasteiger partial charge in [0.2, 0.25) is 0 Å². The third-order valence-corrected chi connectivity index (χ3v) is 8.28. The summed E-state index contributed by atoms with van der Waals surface area (Å²) in [4.78, 5) is 17.2. The zero-order valence-electron chi connectivity index (χ0n) is 22.9. The number of aromatic nitrogens is 2. The molecule has 0 bridgehead atoms. The van der Waals surface area contributed by atoms with E-state index in [1.165, 1.54) is 29.0 Å². The molecule has 200 valence electrons. The number of fused-ring (bicyclic) bond motifs is 3. The van der Waals surface area contributed by atoms with E-state index in [4.69, 9.17) is 9.72 Å². The predicted molar refractivity (Wildman–Crippen MR) is 165 cm³/mol. The molecular weight excluding hydrogens is 526 g/mol. The Balaban J connectivity index is 1.48. The summed E-state index contributed by atoms with van der Waals surface area (Å²) in [5.41, 5.74) is 6.71. The molecule has 6 aromatic rings. The van der Waals surface area contributed by atoms with E-state index in [0.717, 1.165) is 50.2 Å². The summed E-state index contributed by atoms with van der Waals surface area (Å²) in [6.45, 7) is 2.58. The molecular formula is C35H27N3O2S. The smallest absolute Gasteiger partial charge is 0.337 e. The second-order valence-corrected chi connectivity index (χ2v) is 11.1. The molecule has 2 aromatic heterocycles. The van der Waals surface area contributed by atoms with Crippen molar-refractivity contribution in [2.45, 2.75) is 32.7 Å². The van der Waals surface area contributed by atoms with E-state index in [1.807, 2.05) is 18.2 Å².